The van der Waals surface area contributed by atoms with Crippen LogP contribution in [0.3, 0.4) is 0 Å². The van der Waals surface area contributed by atoms with Crippen LogP contribution in [-0.2, 0) is 4.79 Å². The minimum absolute atomic E-state index is 0.141. The Labute approximate surface area is 80.1 Å². The van der Waals surface area contributed by atoms with Crippen LogP contribution < -0.4 is 5.32 Å². The van der Waals surface area contributed by atoms with E-state index < -0.39 is 0 Å². The molecule has 2 aliphatic rings. The van der Waals surface area contributed by atoms with E-state index in [4.69, 9.17) is 0 Å². The molecule has 2 heteroatoms. The van der Waals surface area contributed by atoms with Crippen molar-refractivity contribution in [2.24, 2.45) is 17.8 Å². The Balaban J connectivity index is 1.81. The zero-order valence-electron chi connectivity index (χ0n) is 8.55. The second kappa shape index (κ2) is 3.32. The van der Waals surface area contributed by atoms with Crippen LogP contribution in [-0.4, -0.2) is 11.9 Å². The number of carbonyl (C=O) groups is 1. The van der Waals surface area contributed by atoms with Gasteiger partial charge in [0.1, 0.15) is 0 Å². The van der Waals surface area contributed by atoms with Crippen LogP contribution in [0, 0.1) is 17.8 Å². The second-order valence-corrected chi connectivity index (χ2v) is 4.80. The summed E-state index contributed by atoms with van der Waals surface area (Å²) >= 11 is 0. The van der Waals surface area contributed by atoms with Crippen molar-refractivity contribution in [1.29, 1.82) is 0 Å². The van der Waals surface area contributed by atoms with E-state index in [2.05, 4.69) is 5.32 Å². The van der Waals surface area contributed by atoms with Gasteiger partial charge in [-0.2, -0.15) is 0 Å². The van der Waals surface area contributed by atoms with E-state index in [1.54, 1.807) is 0 Å². The largest absolute Gasteiger partial charge is 0.353 e. The summed E-state index contributed by atoms with van der Waals surface area (Å²) in [6, 6.07) is 0.539. The first kappa shape index (κ1) is 9.04. The van der Waals surface area contributed by atoms with Gasteiger partial charge >= 0.3 is 0 Å². The Kier molecular flexibility index (Phi) is 2.31. The molecule has 0 heterocycles. The normalized spacial score (nSPS) is 37.0. The van der Waals surface area contributed by atoms with Gasteiger partial charge in [0.05, 0.1) is 0 Å². The molecule has 2 saturated carbocycles. The predicted molar refractivity (Wildman–Crippen MR) is 52.2 cm³/mol. The molecular formula is C11H19NO. The van der Waals surface area contributed by atoms with Crippen molar-refractivity contribution < 1.29 is 4.79 Å². The minimum Gasteiger partial charge on any atom is -0.353 e. The molecule has 1 amide bonds. The molecule has 0 bridgehead atoms. The lowest BCUT2D eigenvalue weighted by Gasteiger charge is -2.06. The average molecular weight is 181 g/mol. The Morgan fingerprint density at radius 3 is 2.23 bits per heavy atom. The summed E-state index contributed by atoms with van der Waals surface area (Å²) in [6.45, 7) is 3.92. The van der Waals surface area contributed by atoms with E-state index in [-0.39, 0.29) is 11.8 Å². The quantitative estimate of drug-likeness (QED) is 0.693. The highest BCUT2D eigenvalue weighted by Crippen LogP contribution is 2.49. The lowest BCUT2D eigenvalue weighted by Crippen LogP contribution is -2.31. The third-order valence-electron chi connectivity index (χ3n) is 3.49. The van der Waals surface area contributed by atoms with Crippen LogP contribution in [0.1, 0.15) is 39.5 Å². The van der Waals surface area contributed by atoms with Crippen LogP contribution in [0.25, 0.3) is 0 Å². The molecular weight excluding hydrogens is 162 g/mol. The number of nitrogens with one attached hydrogen (secondary N) is 1. The first-order valence-corrected chi connectivity index (χ1v) is 5.50. The van der Waals surface area contributed by atoms with Gasteiger partial charge in [-0.15, -0.1) is 0 Å². The van der Waals surface area contributed by atoms with Crippen molar-refractivity contribution >= 4 is 5.91 Å². The van der Waals surface area contributed by atoms with E-state index in [9.17, 15) is 4.79 Å². The van der Waals surface area contributed by atoms with Gasteiger partial charge in [-0.3, -0.25) is 4.79 Å². The minimum atomic E-state index is 0.141. The van der Waals surface area contributed by atoms with Crippen molar-refractivity contribution in [1.82, 2.24) is 5.32 Å². The number of rotatable bonds is 2. The topological polar surface area (TPSA) is 29.1 Å². The molecule has 0 aromatic rings. The van der Waals surface area contributed by atoms with Gasteiger partial charge in [0.2, 0.25) is 5.91 Å². The molecule has 2 unspecified atom stereocenters. The van der Waals surface area contributed by atoms with Gasteiger partial charge in [-0.1, -0.05) is 26.7 Å². The average Bonchev–Trinajstić information content (AvgIpc) is 2.79. The van der Waals surface area contributed by atoms with Crippen molar-refractivity contribution in [3.63, 3.8) is 0 Å². The molecule has 0 aromatic heterocycles. The highest BCUT2D eigenvalue weighted by atomic mass is 16.1. The Hall–Kier alpha value is -0.530. The highest BCUT2D eigenvalue weighted by Gasteiger charge is 2.51. The highest BCUT2D eigenvalue weighted by molar-refractivity contribution is 5.78. The van der Waals surface area contributed by atoms with Gasteiger partial charge in [-0.05, 0) is 24.7 Å². The van der Waals surface area contributed by atoms with Crippen LogP contribution in [0.15, 0.2) is 0 Å². The van der Waals surface area contributed by atoms with E-state index >= 15 is 0 Å². The number of hydrogen-bond acceptors (Lipinski definition) is 1. The van der Waals surface area contributed by atoms with Gasteiger partial charge in [0.15, 0.2) is 0 Å². The summed E-state index contributed by atoms with van der Waals surface area (Å²) in [5.74, 6) is 2.04. The third kappa shape index (κ3) is 1.72. The second-order valence-electron chi connectivity index (χ2n) is 4.80. The van der Waals surface area contributed by atoms with E-state index in [1.165, 1.54) is 25.7 Å². The molecule has 2 fully saturated rings. The maximum Gasteiger partial charge on any atom is 0.222 e. The summed E-state index contributed by atoms with van der Waals surface area (Å²) in [4.78, 5) is 11.4. The van der Waals surface area contributed by atoms with Gasteiger partial charge in [-0.25, -0.2) is 0 Å². The third-order valence-corrected chi connectivity index (χ3v) is 3.49. The lowest BCUT2D eigenvalue weighted by molar-refractivity contribution is -0.124. The Bertz CT molecular complexity index is 200. The zero-order chi connectivity index (χ0) is 9.42. The van der Waals surface area contributed by atoms with Crippen LogP contribution in [0.4, 0.5) is 0 Å². The predicted octanol–water partition coefficient (Wildman–Crippen LogP) is 1.95. The van der Waals surface area contributed by atoms with Gasteiger partial charge in [0.25, 0.3) is 0 Å². The maximum absolute atomic E-state index is 11.4. The fourth-order valence-electron chi connectivity index (χ4n) is 2.54. The zero-order valence-corrected chi connectivity index (χ0v) is 8.55. The van der Waals surface area contributed by atoms with E-state index in [0.29, 0.717) is 6.04 Å². The molecule has 0 spiro atoms. The summed E-state index contributed by atoms with van der Waals surface area (Å²) in [5.41, 5.74) is 0. The number of hydrogen-bond donors (Lipinski definition) is 1. The SMILES string of the molecule is CC(C)C(=O)NC1C2CCCCC21. The van der Waals surface area contributed by atoms with E-state index in [0.717, 1.165) is 11.8 Å². The molecule has 13 heavy (non-hydrogen) atoms. The summed E-state index contributed by atoms with van der Waals surface area (Å²) < 4.78 is 0. The summed E-state index contributed by atoms with van der Waals surface area (Å²) in [7, 11) is 0. The lowest BCUT2D eigenvalue weighted by atomic mass is 10.0. The monoisotopic (exact) mass is 181 g/mol. The summed E-state index contributed by atoms with van der Waals surface area (Å²) in [6.07, 6.45) is 5.42. The van der Waals surface area contributed by atoms with Gasteiger partial charge < -0.3 is 5.32 Å². The van der Waals surface area contributed by atoms with Crippen LogP contribution >= 0.6 is 0 Å². The molecule has 0 saturated heterocycles. The Morgan fingerprint density at radius 2 is 1.77 bits per heavy atom. The van der Waals surface area contributed by atoms with Crippen molar-refractivity contribution in [3.8, 4) is 0 Å². The maximum atomic E-state index is 11.4. The number of carbonyl (C=O) groups excluding carboxylic acids is 1. The Morgan fingerprint density at radius 1 is 1.23 bits per heavy atom. The smallest absolute Gasteiger partial charge is 0.222 e. The van der Waals surface area contributed by atoms with Gasteiger partial charge in [0, 0.05) is 12.0 Å². The first-order chi connectivity index (χ1) is 6.20. The van der Waals surface area contributed by atoms with E-state index in [1.807, 2.05) is 13.8 Å². The fourth-order valence-corrected chi connectivity index (χ4v) is 2.54. The van der Waals surface area contributed by atoms with Crippen molar-refractivity contribution in [2.45, 2.75) is 45.6 Å². The first-order valence-electron chi connectivity index (χ1n) is 5.50. The molecule has 2 atom stereocenters. The molecule has 2 aliphatic carbocycles. The van der Waals surface area contributed by atoms with Crippen molar-refractivity contribution in [2.75, 3.05) is 0 Å². The summed E-state index contributed by atoms with van der Waals surface area (Å²) in [5, 5.41) is 3.16. The molecule has 1 N–H and O–H groups in total. The molecule has 2 nitrogen and oxygen atoms in total. The number of amides is 1. The molecule has 2 rings (SSSR count). The molecule has 74 valence electrons. The standard InChI is InChI=1S/C11H19NO/c1-7(2)11(13)12-10-8-5-3-4-6-9(8)10/h7-10H,3-6H2,1-2H3,(H,12,13). The molecule has 0 aliphatic heterocycles. The molecule has 0 aromatic carbocycles. The van der Waals surface area contributed by atoms with Crippen LogP contribution in [0.5, 0.6) is 0 Å². The number of fused-ring (bicyclic) bond motifs is 1. The molecule has 0 radical (unpaired) electrons. The fraction of sp³-hybridized carbons (Fsp3) is 0.909. The van der Waals surface area contributed by atoms with Crippen LogP contribution in [0.2, 0.25) is 0 Å². The van der Waals surface area contributed by atoms with Crippen molar-refractivity contribution in [3.05, 3.63) is 0 Å².